The standard InChI is InChI=1S/C63H37N5S/c1-4-18-38(19-5-1)41-36-51(57-55(37-41)69-54-33-17-28-42(56(54)57)39-20-6-2-7-21-39)62-64-61(40-22-8-3-9-23-40)65-63(66-62)68-53-32-15-13-27-46(53)49-34-35-50-48-30-16-29-47-44-25-11-10-24-43(44)45-26-12-14-31-52(45)67(58(47)48)59(50)60(49)68/h1-37H. The molecule has 0 spiro atoms. The van der Waals surface area contributed by atoms with E-state index in [1.165, 1.54) is 64.5 Å². The van der Waals surface area contributed by atoms with Gasteiger partial charge in [0.1, 0.15) is 0 Å². The van der Waals surface area contributed by atoms with Crippen molar-refractivity contribution in [1.29, 1.82) is 0 Å². The topological polar surface area (TPSA) is 48.5 Å². The quantitative estimate of drug-likeness (QED) is 0.173. The van der Waals surface area contributed by atoms with Gasteiger partial charge >= 0.3 is 0 Å². The molecular weight excluding hydrogens is 859 g/mol. The first kappa shape index (κ1) is 38.2. The van der Waals surface area contributed by atoms with E-state index in [1.54, 1.807) is 0 Å². The van der Waals surface area contributed by atoms with Gasteiger partial charge in [-0.2, -0.15) is 9.97 Å². The highest BCUT2D eigenvalue weighted by molar-refractivity contribution is 7.26. The van der Waals surface area contributed by atoms with Gasteiger partial charge in [0.15, 0.2) is 11.6 Å². The van der Waals surface area contributed by atoms with Gasteiger partial charge in [-0.1, -0.05) is 194 Å². The van der Waals surface area contributed by atoms with Gasteiger partial charge in [0.25, 0.3) is 0 Å². The average molecular weight is 896 g/mol. The number of hydrogen-bond donors (Lipinski definition) is 0. The van der Waals surface area contributed by atoms with E-state index in [-0.39, 0.29) is 0 Å². The average Bonchev–Trinajstić information content (AvgIpc) is 4.07. The third-order valence-electron chi connectivity index (χ3n) is 14.1. The van der Waals surface area contributed by atoms with Crippen molar-refractivity contribution in [2.24, 2.45) is 0 Å². The number of benzene rings is 10. The molecule has 69 heavy (non-hydrogen) atoms. The zero-order valence-electron chi connectivity index (χ0n) is 37.0. The minimum Gasteiger partial charge on any atom is -0.306 e. The summed E-state index contributed by atoms with van der Waals surface area (Å²) in [7, 11) is 0. The molecular formula is C63H37N5S. The number of para-hydroxylation sites is 3. The molecule has 0 amide bonds. The van der Waals surface area contributed by atoms with Gasteiger partial charge in [-0.05, 0) is 63.7 Å². The summed E-state index contributed by atoms with van der Waals surface area (Å²) in [5, 5.41) is 6.97. The molecule has 10 aromatic carbocycles. The molecule has 4 aromatic heterocycles. The summed E-state index contributed by atoms with van der Waals surface area (Å²) in [6.45, 7) is 0. The van der Waals surface area contributed by atoms with Crippen molar-refractivity contribution in [2.45, 2.75) is 0 Å². The van der Waals surface area contributed by atoms with E-state index >= 15 is 0 Å². The van der Waals surface area contributed by atoms with Crippen LogP contribution in [0.15, 0.2) is 224 Å². The van der Waals surface area contributed by atoms with Gasteiger partial charge in [-0.15, -0.1) is 11.3 Å². The molecule has 1 aliphatic heterocycles. The Hall–Kier alpha value is -8.97. The van der Waals surface area contributed by atoms with Gasteiger partial charge in [0, 0.05) is 64.0 Å². The second-order valence-electron chi connectivity index (χ2n) is 17.9. The van der Waals surface area contributed by atoms with E-state index in [2.05, 4.69) is 228 Å². The minimum atomic E-state index is 0.558. The SMILES string of the molecule is c1ccc(-c2cc(-c3nc(-c4ccccc4)nc(-n4c5ccccc5c5ccc6c7cccc8c7n(c6c54)-c4ccccc4-c4ccccc4-8)n3)c3c(c2)sc2cccc(-c4ccccc4)c23)cc1. The molecule has 1 aliphatic rings. The first-order chi connectivity index (χ1) is 34.2. The second kappa shape index (κ2) is 14.8. The molecule has 14 aromatic rings. The fourth-order valence-corrected chi connectivity index (χ4v) is 12.4. The van der Waals surface area contributed by atoms with E-state index < -0.39 is 0 Å². The normalized spacial score (nSPS) is 12.1. The first-order valence-corrected chi connectivity index (χ1v) is 24.2. The van der Waals surface area contributed by atoms with Crippen LogP contribution in [0.3, 0.4) is 0 Å². The van der Waals surface area contributed by atoms with Crippen LogP contribution in [0.25, 0.3) is 143 Å². The smallest absolute Gasteiger partial charge is 0.238 e. The van der Waals surface area contributed by atoms with Crippen molar-refractivity contribution >= 4 is 75.1 Å². The highest BCUT2D eigenvalue weighted by Gasteiger charge is 2.29. The van der Waals surface area contributed by atoms with Gasteiger partial charge in [0.05, 0.1) is 27.8 Å². The van der Waals surface area contributed by atoms with E-state index in [0.29, 0.717) is 17.6 Å². The van der Waals surface area contributed by atoms with Crippen molar-refractivity contribution in [1.82, 2.24) is 24.1 Å². The van der Waals surface area contributed by atoms with E-state index in [4.69, 9.17) is 15.0 Å². The van der Waals surface area contributed by atoms with Crippen LogP contribution in [0.1, 0.15) is 0 Å². The summed E-state index contributed by atoms with van der Waals surface area (Å²) in [6, 6.07) is 80.8. The van der Waals surface area contributed by atoms with Crippen molar-refractivity contribution in [3.05, 3.63) is 224 Å². The highest BCUT2D eigenvalue weighted by atomic mass is 32.1. The number of nitrogens with zero attached hydrogens (tertiary/aromatic N) is 5. The first-order valence-electron chi connectivity index (χ1n) is 23.4. The maximum atomic E-state index is 5.72. The fourth-order valence-electron chi connectivity index (χ4n) is 11.2. The third kappa shape index (κ3) is 5.61. The molecule has 5 nitrogen and oxygen atoms in total. The van der Waals surface area contributed by atoms with Crippen molar-refractivity contribution in [3.63, 3.8) is 0 Å². The van der Waals surface area contributed by atoms with Crippen molar-refractivity contribution < 1.29 is 0 Å². The molecule has 0 saturated carbocycles. The number of fused-ring (bicyclic) bond motifs is 15. The molecule has 0 aliphatic carbocycles. The zero-order chi connectivity index (χ0) is 45.2. The molecule has 0 atom stereocenters. The van der Waals surface area contributed by atoms with Crippen molar-refractivity contribution in [2.75, 3.05) is 0 Å². The van der Waals surface area contributed by atoms with Crippen LogP contribution in [-0.4, -0.2) is 24.1 Å². The molecule has 0 unspecified atom stereocenters. The monoisotopic (exact) mass is 895 g/mol. The van der Waals surface area contributed by atoms with Crippen LogP contribution < -0.4 is 0 Å². The van der Waals surface area contributed by atoms with Crippen LogP contribution in [0.2, 0.25) is 0 Å². The molecule has 0 N–H and O–H groups in total. The lowest BCUT2D eigenvalue weighted by Gasteiger charge is -2.15. The maximum absolute atomic E-state index is 5.72. The number of hydrogen-bond acceptors (Lipinski definition) is 4. The Morgan fingerprint density at radius 2 is 0.855 bits per heavy atom. The van der Waals surface area contributed by atoms with E-state index in [9.17, 15) is 0 Å². The van der Waals surface area contributed by atoms with Gasteiger partial charge < -0.3 is 4.57 Å². The predicted octanol–water partition coefficient (Wildman–Crippen LogP) is 16.7. The summed E-state index contributed by atoms with van der Waals surface area (Å²) in [5.74, 6) is 1.78. The summed E-state index contributed by atoms with van der Waals surface area (Å²) in [4.78, 5) is 16.7. The molecule has 5 heterocycles. The lowest BCUT2D eigenvalue weighted by atomic mass is 9.94. The highest BCUT2D eigenvalue weighted by Crippen LogP contribution is 2.50. The summed E-state index contributed by atoms with van der Waals surface area (Å²) in [6.07, 6.45) is 0. The summed E-state index contributed by atoms with van der Waals surface area (Å²) < 4.78 is 7.22. The van der Waals surface area contributed by atoms with Crippen LogP contribution in [0.4, 0.5) is 0 Å². The lowest BCUT2D eigenvalue weighted by molar-refractivity contribution is 0.954. The molecule has 0 bridgehead atoms. The molecule has 0 fully saturated rings. The Bertz CT molecular complexity index is 4410. The largest absolute Gasteiger partial charge is 0.306 e. The predicted molar refractivity (Wildman–Crippen MR) is 288 cm³/mol. The Balaban J connectivity index is 1.11. The molecule has 320 valence electrons. The van der Waals surface area contributed by atoms with Gasteiger partial charge in [-0.25, -0.2) is 4.98 Å². The number of aromatic nitrogens is 5. The van der Waals surface area contributed by atoms with Crippen LogP contribution >= 0.6 is 11.3 Å². The Kier molecular flexibility index (Phi) is 8.17. The lowest BCUT2D eigenvalue weighted by Crippen LogP contribution is -2.07. The van der Waals surface area contributed by atoms with Gasteiger partial charge in [0.2, 0.25) is 5.95 Å². The van der Waals surface area contributed by atoms with Crippen LogP contribution in [0.5, 0.6) is 0 Å². The van der Waals surface area contributed by atoms with Gasteiger partial charge in [-0.3, -0.25) is 4.57 Å². The number of thiophene rings is 1. The summed E-state index contributed by atoms with van der Waals surface area (Å²) in [5.41, 5.74) is 16.8. The molecule has 0 radical (unpaired) electrons. The minimum absolute atomic E-state index is 0.558. The molecule has 6 heteroatoms. The fraction of sp³-hybridized carbons (Fsp3) is 0. The molecule has 15 rings (SSSR count). The Morgan fingerprint density at radius 3 is 1.65 bits per heavy atom. The van der Waals surface area contributed by atoms with Crippen molar-refractivity contribution in [3.8, 4) is 78.9 Å². The number of rotatable bonds is 5. The van der Waals surface area contributed by atoms with E-state index in [1.807, 2.05) is 17.4 Å². The second-order valence-corrected chi connectivity index (χ2v) is 19.0. The van der Waals surface area contributed by atoms with Crippen LogP contribution in [0, 0.1) is 0 Å². The Morgan fingerprint density at radius 1 is 0.304 bits per heavy atom. The third-order valence-corrected chi connectivity index (χ3v) is 15.2. The maximum Gasteiger partial charge on any atom is 0.238 e. The summed E-state index contributed by atoms with van der Waals surface area (Å²) >= 11 is 1.82. The van der Waals surface area contributed by atoms with Crippen LogP contribution in [-0.2, 0) is 0 Å². The molecule has 0 saturated heterocycles. The zero-order valence-corrected chi connectivity index (χ0v) is 37.8. The Labute approximate surface area is 400 Å². The van der Waals surface area contributed by atoms with E-state index in [0.717, 1.165) is 60.6 Å².